The van der Waals surface area contributed by atoms with Crippen LogP contribution in [-0.2, 0) is 12.8 Å². The summed E-state index contributed by atoms with van der Waals surface area (Å²) in [6.07, 6.45) is 1.81. The molecule has 0 saturated carbocycles. The molecule has 0 saturated heterocycles. The molecule has 1 N–H and O–H groups in total. The monoisotopic (exact) mass is 339 g/mol. The van der Waals surface area contributed by atoms with Crippen LogP contribution in [0.2, 0.25) is 0 Å². The van der Waals surface area contributed by atoms with E-state index < -0.39 is 0 Å². The molecule has 1 atom stereocenters. The minimum Gasteiger partial charge on any atom is -0.492 e. The Morgan fingerprint density at radius 2 is 1.84 bits per heavy atom. The van der Waals surface area contributed by atoms with Gasteiger partial charge in [0.2, 0.25) is 19.3 Å². The molecule has 0 spiro atoms. The molecule has 2 aromatic carbocycles. The van der Waals surface area contributed by atoms with Crippen LogP contribution in [0.3, 0.4) is 0 Å². The Hall–Kier alpha value is -2.60. The minimum atomic E-state index is 0.210. The Morgan fingerprint density at radius 3 is 2.76 bits per heavy atom. The molecule has 6 heteroatoms. The van der Waals surface area contributed by atoms with Crippen molar-refractivity contribution in [3.63, 3.8) is 0 Å². The molecule has 3 heterocycles. The first kappa shape index (κ1) is 13.7. The van der Waals surface area contributed by atoms with Crippen molar-refractivity contribution in [3.05, 3.63) is 28.8 Å². The normalized spacial score (nSPS) is 20.9. The predicted molar refractivity (Wildman–Crippen MR) is 88.8 cm³/mol. The van der Waals surface area contributed by atoms with Crippen LogP contribution in [-0.4, -0.2) is 27.2 Å². The van der Waals surface area contributed by atoms with Gasteiger partial charge in [0, 0.05) is 22.7 Å². The van der Waals surface area contributed by atoms with Gasteiger partial charge in [-0.2, -0.15) is 0 Å². The van der Waals surface area contributed by atoms with Gasteiger partial charge >= 0.3 is 0 Å². The molecular weight excluding hydrogens is 322 g/mol. The van der Waals surface area contributed by atoms with Crippen molar-refractivity contribution in [3.8, 4) is 39.9 Å². The quantitative estimate of drug-likeness (QED) is 0.862. The second-order valence-corrected chi connectivity index (χ2v) is 6.66. The second kappa shape index (κ2) is 4.73. The van der Waals surface area contributed by atoms with E-state index in [1.165, 1.54) is 16.7 Å². The molecule has 128 valence electrons. The van der Waals surface area contributed by atoms with Gasteiger partial charge in [0.05, 0.1) is 7.11 Å². The van der Waals surface area contributed by atoms with Crippen molar-refractivity contribution in [2.45, 2.75) is 18.9 Å². The van der Waals surface area contributed by atoms with Crippen molar-refractivity contribution < 1.29 is 23.7 Å². The third-order valence-corrected chi connectivity index (χ3v) is 5.53. The molecule has 2 aromatic rings. The van der Waals surface area contributed by atoms with E-state index in [9.17, 15) is 0 Å². The van der Waals surface area contributed by atoms with E-state index in [0.29, 0.717) is 5.75 Å². The fourth-order valence-electron chi connectivity index (χ4n) is 4.59. The summed E-state index contributed by atoms with van der Waals surface area (Å²) in [7, 11) is 1.70. The third kappa shape index (κ3) is 1.63. The lowest BCUT2D eigenvalue weighted by Crippen LogP contribution is -2.34. The number of hydrogen-bond acceptors (Lipinski definition) is 6. The summed E-state index contributed by atoms with van der Waals surface area (Å²) >= 11 is 0. The fourth-order valence-corrected chi connectivity index (χ4v) is 4.59. The van der Waals surface area contributed by atoms with Gasteiger partial charge in [-0.1, -0.05) is 6.07 Å². The lowest BCUT2D eigenvalue weighted by atomic mass is 9.76. The summed E-state index contributed by atoms with van der Waals surface area (Å²) in [4.78, 5) is 0. The van der Waals surface area contributed by atoms with E-state index >= 15 is 0 Å². The van der Waals surface area contributed by atoms with Gasteiger partial charge in [0.25, 0.3) is 0 Å². The Kier molecular flexibility index (Phi) is 2.58. The van der Waals surface area contributed by atoms with Gasteiger partial charge in [0.1, 0.15) is 0 Å². The number of hydrogen-bond donors (Lipinski definition) is 1. The van der Waals surface area contributed by atoms with Gasteiger partial charge in [-0.05, 0) is 36.6 Å². The molecule has 0 unspecified atom stereocenters. The van der Waals surface area contributed by atoms with Gasteiger partial charge in [-0.3, -0.25) is 0 Å². The Bertz CT molecular complexity index is 923. The molecule has 0 fully saturated rings. The van der Waals surface area contributed by atoms with Crippen LogP contribution in [0.5, 0.6) is 28.7 Å². The lowest BCUT2D eigenvalue weighted by Gasteiger charge is -2.35. The summed E-state index contributed by atoms with van der Waals surface area (Å²) in [5, 5.41) is 3.64. The standard InChI is InChI=1S/C19H17NO5/c1-21-16-10-4-5-20-11-6-9-2-3-12-17(23-7-22-12)13(9)15(14(10)11)18-19(16)25-8-24-18/h2-3,11,20H,4-8H2,1H3/t11-/m0/s1. The van der Waals surface area contributed by atoms with Crippen molar-refractivity contribution in [1.29, 1.82) is 0 Å². The Morgan fingerprint density at radius 1 is 1.00 bits per heavy atom. The van der Waals surface area contributed by atoms with E-state index in [-0.39, 0.29) is 19.6 Å². The van der Waals surface area contributed by atoms with Crippen molar-refractivity contribution in [1.82, 2.24) is 5.32 Å². The van der Waals surface area contributed by atoms with E-state index in [2.05, 4.69) is 11.4 Å². The minimum absolute atomic E-state index is 0.210. The van der Waals surface area contributed by atoms with E-state index in [1.54, 1.807) is 7.11 Å². The molecule has 4 aliphatic rings. The zero-order chi connectivity index (χ0) is 16.5. The molecule has 6 nitrogen and oxygen atoms in total. The maximum absolute atomic E-state index is 5.90. The number of fused-ring (bicyclic) bond motifs is 6. The highest BCUT2D eigenvalue weighted by atomic mass is 16.7. The first-order valence-electron chi connectivity index (χ1n) is 8.54. The van der Waals surface area contributed by atoms with Crippen LogP contribution in [0, 0.1) is 0 Å². The third-order valence-electron chi connectivity index (χ3n) is 5.53. The number of rotatable bonds is 1. The lowest BCUT2D eigenvalue weighted by molar-refractivity contribution is 0.171. The molecule has 0 amide bonds. The molecule has 3 aliphatic heterocycles. The molecular formula is C19H17NO5. The fraction of sp³-hybridized carbons (Fsp3) is 0.368. The molecule has 25 heavy (non-hydrogen) atoms. The zero-order valence-corrected chi connectivity index (χ0v) is 13.8. The van der Waals surface area contributed by atoms with Crippen LogP contribution in [0.4, 0.5) is 0 Å². The summed E-state index contributed by atoms with van der Waals surface area (Å²) < 4.78 is 28.8. The number of benzene rings is 2. The first-order valence-corrected chi connectivity index (χ1v) is 8.54. The van der Waals surface area contributed by atoms with E-state index in [0.717, 1.165) is 53.5 Å². The Labute approximate surface area is 144 Å². The number of ether oxygens (including phenoxy) is 5. The van der Waals surface area contributed by atoms with Gasteiger partial charge in [-0.25, -0.2) is 0 Å². The first-order chi connectivity index (χ1) is 12.4. The SMILES string of the molecule is COc1c2c3c(c4c1OCO4)-c1c(ccc4c1OCO4)C[C@@H]3NCC2. The average molecular weight is 339 g/mol. The average Bonchev–Trinajstić information content (AvgIpc) is 3.30. The van der Waals surface area contributed by atoms with E-state index in [4.69, 9.17) is 23.7 Å². The number of methoxy groups -OCH3 is 1. The summed E-state index contributed by atoms with van der Waals surface area (Å²) in [6, 6.07) is 4.38. The highest BCUT2D eigenvalue weighted by molar-refractivity contribution is 5.90. The molecule has 1 aliphatic carbocycles. The maximum atomic E-state index is 5.90. The summed E-state index contributed by atoms with van der Waals surface area (Å²) in [5.74, 6) is 3.88. The van der Waals surface area contributed by atoms with Crippen molar-refractivity contribution in [2.75, 3.05) is 27.2 Å². The molecule has 0 aromatic heterocycles. The molecule has 6 rings (SSSR count). The van der Waals surface area contributed by atoms with Crippen molar-refractivity contribution in [2.24, 2.45) is 0 Å². The van der Waals surface area contributed by atoms with Gasteiger partial charge < -0.3 is 29.0 Å². The molecule has 0 bridgehead atoms. The Balaban J connectivity index is 1.75. The largest absolute Gasteiger partial charge is 0.492 e. The maximum Gasteiger partial charge on any atom is 0.231 e. The highest BCUT2D eigenvalue weighted by Gasteiger charge is 2.41. The highest BCUT2D eigenvalue weighted by Crippen LogP contribution is 2.60. The van der Waals surface area contributed by atoms with Crippen LogP contribution < -0.4 is 29.0 Å². The summed E-state index contributed by atoms with van der Waals surface area (Å²) in [6.45, 7) is 1.39. The predicted octanol–water partition coefficient (Wildman–Crippen LogP) is 2.56. The topological polar surface area (TPSA) is 58.2 Å². The second-order valence-electron chi connectivity index (χ2n) is 6.66. The van der Waals surface area contributed by atoms with Crippen LogP contribution in [0.15, 0.2) is 12.1 Å². The van der Waals surface area contributed by atoms with Gasteiger partial charge in [-0.15, -0.1) is 0 Å². The molecule has 0 radical (unpaired) electrons. The zero-order valence-electron chi connectivity index (χ0n) is 13.8. The number of nitrogens with one attached hydrogen (secondary N) is 1. The van der Waals surface area contributed by atoms with Crippen LogP contribution >= 0.6 is 0 Å². The van der Waals surface area contributed by atoms with E-state index in [1.807, 2.05) is 6.07 Å². The summed E-state index contributed by atoms with van der Waals surface area (Å²) in [5.41, 5.74) is 5.86. The van der Waals surface area contributed by atoms with Crippen LogP contribution in [0.1, 0.15) is 22.7 Å². The van der Waals surface area contributed by atoms with Gasteiger partial charge in [0.15, 0.2) is 23.0 Å². The smallest absolute Gasteiger partial charge is 0.231 e. The van der Waals surface area contributed by atoms with Crippen molar-refractivity contribution >= 4 is 0 Å². The van der Waals surface area contributed by atoms with Crippen LogP contribution in [0.25, 0.3) is 11.1 Å².